The second-order valence-electron chi connectivity index (χ2n) is 10.6. The Morgan fingerprint density at radius 1 is 1.02 bits per heavy atom. The van der Waals surface area contributed by atoms with Crippen LogP contribution in [0.3, 0.4) is 0 Å². The van der Waals surface area contributed by atoms with E-state index < -0.39 is 54.5 Å². The molecule has 3 aromatic carbocycles. The Morgan fingerprint density at radius 3 is 2.33 bits per heavy atom. The van der Waals surface area contributed by atoms with Crippen LogP contribution in [0.4, 0.5) is 26.3 Å². The van der Waals surface area contributed by atoms with Crippen LogP contribution in [0.25, 0.3) is 5.69 Å². The van der Waals surface area contributed by atoms with E-state index in [2.05, 4.69) is 26.0 Å². The van der Waals surface area contributed by atoms with E-state index in [-0.39, 0.29) is 53.6 Å². The Bertz CT molecular complexity index is 1910. The number of fused-ring (bicyclic) bond motifs is 1. The van der Waals surface area contributed by atoms with Crippen molar-refractivity contribution in [2.45, 2.75) is 38.8 Å². The van der Waals surface area contributed by atoms with Gasteiger partial charge < -0.3 is 19.7 Å². The van der Waals surface area contributed by atoms with Crippen LogP contribution in [0.15, 0.2) is 69.9 Å². The van der Waals surface area contributed by atoms with E-state index in [1.807, 2.05) is 0 Å². The number of amides is 2. The van der Waals surface area contributed by atoms with E-state index in [0.29, 0.717) is 9.50 Å². The monoisotopic (exact) mass is 760 g/mol. The quantitative estimate of drug-likeness (QED) is 0.188. The molecule has 0 saturated carbocycles. The molecule has 48 heavy (non-hydrogen) atoms. The number of nitrogens with zero attached hydrogens (tertiary/aromatic N) is 3. The molecule has 0 saturated heterocycles. The molecule has 1 atom stereocenters. The topological polar surface area (TPSA) is 94.8 Å². The summed E-state index contributed by atoms with van der Waals surface area (Å²) in [5.74, 6) is -2.82. The standard InChI is InChI=1S/C31H24BrClF6N4O5/c1-16(21-8-7-20(13-24(21)34)48-29(35)36)40-27(44)26-25-14-41(28(45)17-2-9-22(32)23(33)12-17)10-11-42(25)30(46)43(26)18-3-5-19(6-4-18)47-15-31(37,38)39/h2-9,12-13,16,29H,10-11,14-15H2,1H3,(H,40,44)/t16-/m1/s1. The van der Waals surface area contributed by atoms with Crippen molar-refractivity contribution in [3.8, 4) is 17.2 Å². The van der Waals surface area contributed by atoms with Crippen LogP contribution in [0.2, 0.25) is 5.02 Å². The number of nitrogens with one attached hydrogen (secondary N) is 1. The third kappa shape index (κ3) is 7.65. The van der Waals surface area contributed by atoms with Gasteiger partial charge in [0.15, 0.2) is 6.61 Å². The van der Waals surface area contributed by atoms with E-state index in [1.54, 1.807) is 12.1 Å². The molecule has 1 aliphatic heterocycles. The van der Waals surface area contributed by atoms with E-state index >= 15 is 0 Å². The zero-order chi connectivity index (χ0) is 34.9. The Morgan fingerprint density at radius 2 is 1.71 bits per heavy atom. The van der Waals surface area contributed by atoms with Gasteiger partial charge in [-0.2, -0.15) is 22.0 Å². The summed E-state index contributed by atoms with van der Waals surface area (Å²) in [7, 11) is 0. The first kappa shape index (κ1) is 34.9. The molecule has 0 aliphatic carbocycles. The second kappa shape index (κ2) is 14.0. The highest BCUT2D eigenvalue weighted by atomic mass is 79.9. The Kier molecular flexibility index (Phi) is 10.1. The average Bonchev–Trinajstić information content (AvgIpc) is 3.32. The SMILES string of the molecule is C[C@@H](NC(=O)c1c2n(c(=O)n1-c1ccc(OCC(F)(F)F)cc1)CCN(C(=O)c1ccc(Br)c(Cl)c1)C2)c1ccc(OC(F)F)cc1F. The highest BCUT2D eigenvalue weighted by molar-refractivity contribution is 9.10. The summed E-state index contributed by atoms with van der Waals surface area (Å²) in [6.07, 6.45) is -4.58. The lowest BCUT2D eigenvalue weighted by Crippen LogP contribution is -2.41. The van der Waals surface area contributed by atoms with Gasteiger partial charge in [0.2, 0.25) is 0 Å². The number of halogens is 8. The predicted molar refractivity (Wildman–Crippen MR) is 164 cm³/mol. The van der Waals surface area contributed by atoms with Crippen LogP contribution >= 0.6 is 27.5 Å². The molecule has 4 aromatic rings. The minimum Gasteiger partial charge on any atom is -0.484 e. The van der Waals surface area contributed by atoms with Crippen molar-refractivity contribution < 1.29 is 45.4 Å². The van der Waals surface area contributed by atoms with Crippen molar-refractivity contribution >= 4 is 39.3 Å². The first-order chi connectivity index (χ1) is 22.6. The summed E-state index contributed by atoms with van der Waals surface area (Å²) >= 11 is 9.45. The normalized spacial score (nSPS) is 13.7. The first-order valence-electron chi connectivity index (χ1n) is 14.1. The average molecular weight is 762 g/mol. The number of carbonyl (C=O) groups is 2. The minimum absolute atomic E-state index is 0.0139. The fraction of sp³-hybridized carbons (Fsp3) is 0.258. The predicted octanol–water partition coefficient (Wildman–Crippen LogP) is 6.88. The van der Waals surface area contributed by atoms with E-state index in [0.717, 1.165) is 22.8 Å². The Balaban J connectivity index is 1.51. The second-order valence-corrected chi connectivity index (χ2v) is 11.8. The highest BCUT2D eigenvalue weighted by Crippen LogP contribution is 2.28. The molecule has 0 unspecified atom stereocenters. The third-order valence-electron chi connectivity index (χ3n) is 7.36. The molecular weight excluding hydrogens is 738 g/mol. The van der Waals surface area contributed by atoms with Gasteiger partial charge in [0.1, 0.15) is 23.0 Å². The van der Waals surface area contributed by atoms with E-state index in [4.69, 9.17) is 16.3 Å². The van der Waals surface area contributed by atoms with Crippen LogP contribution in [0.1, 0.15) is 45.1 Å². The van der Waals surface area contributed by atoms with Gasteiger partial charge in [0.25, 0.3) is 11.8 Å². The lowest BCUT2D eigenvalue weighted by molar-refractivity contribution is -0.153. The number of aromatic nitrogens is 2. The number of hydrogen-bond acceptors (Lipinski definition) is 5. The summed E-state index contributed by atoms with van der Waals surface area (Å²) in [4.78, 5) is 42.5. The van der Waals surface area contributed by atoms with Crippen molar-refractivity contribution in [3.63, 3.8) is 0 Å². The summed E-state index contributed by atoms with van der Waals surface area (Å²) in [6, 6.07) is 11.5. The van der Waals surface area contributed by atoms with Crippen LogP contribution in [0.5, 0.6) is 11.5 Å². The highest BCUT2D eigenvalue weighted by Gasteiger charge is 2.33. The molecule has 1 aliphatic rings. The fourth-order valence-electron chi connectivity index (χ4n) is 5.15. The lowest BCUT2D eigenvalue weighted by Gasteiger charge is -2.28. The largest absolute Gasteiger partial charge is 0.484 e. The van der Waals surface area contributed by atoms with Crippen molar-refractivity contribution in [1.82, 2.24) is 19.4 Å². The summed E-state index contributed by atoms with van der Waals surface area (Å²) in [5, 5.41) is 2.90. The van der Waals surface area contributed by atoms with Crippen molar-refractivity contribution in [2.75, 3.05) is 13.2 Å². The molecule has 0 bridgehead atoms. The zero-order valence-corrected chi connectivity index (χ0v) is 27.0. The number of hydrogen-bond donors (Lipinski definition) is 1. The minimum atomic E-state index is -4.58. The number of alkyl halides is 5. The van der Waals surface area contributed by atoms with E-state index in [1.165, 1.54) is 46.7 Å². The molecule has 0 spiro atoms. The van der Waals surface area contributed by atoms with Gasteiger partial charge in [0, 0.05) is 34.8 Å². The molecule has 17 heteroatoms. The lowest BCUT2D eigenvalue weighted by atomic mass is 10.1. The third-order valence-corrected chi connectivity index (χ3v) is 8.59. The Hall–Kier alpha value is -4.44. The van der Waals surface area contributed by atoms with E-state index in [9.17, 15) is 40.7 Å². The maximum atomic E-state index is 14.9. The number of rotatable bonds is 9. The van der Waals surface area contributed by atoms with Gasteiger partial charge in [0.05, 0.1) is 29.0 Å². The summed E-state index contributed by atoms with van der Waals surface area (Å²) in [5.41, 5.74) is -0.503. The Labute approximate surface area is 281 Å². The van der Waals surface area contributed by atoms with Crippen LogP contribution in [-0.4, -0.2) is 51.8 Å². The first-order valence-corrected chi connectivity index (χ1v) is 15.2. The van der Waals surface area contributed by atoms with Gasteiger partial charge in [-0.15, -0.1) is 0 Å². The summed E-state index contributed by atoms with van der Waals surface area (Å²) < 4.78 is 89.9. The van der Waals surface area contributed by atoms with Crippen molar-refractivity contribution in [3.05, 3.63) is 109 Å². The summed E-state index contributed by atoms with van der Waals surface area (Å²) in [6.45, 7) is -3.43. The molecule has 2 amide bonds. The van der Waals surface area contributed by atoms with Crippen molar-refractivity contribution in [2.24, 2.45) is 0 Å². The number of imidazole rings is 1. The number of carbonyl (C=O) groups excluding carboxylic acids is 2. The maximum Gasteiger partial charge on any atom is 0.422 e. The fourth-order valence-corrected chi connectivity index (χ4v) is 5.58. The van der Waals surface area contributed by atoms with Gasteiger partial charge in [-0.25, -0.2) is 9.18 Å². The number of ether oxygens (including phenoxy) is 2. The molecule has 1 N–H and O–H groups in total. The smallest absolute Gasteiger partial charge is 0.422 e. The van der Waals surface area contributed by atoms with Gasteiger partial charge >= 0.3 is 18.5 Å². The number of benzene rings is 3. The molecular formula is C31H24BrClF6N4O5. The molecule has 9 nitrogen and oxygen atoms in total. The molecule has 254 valence electrons. The molecule has 2 heterocycles. The van der Waals surface area contributed by atoms with Crippen LogP contribution in [0, 0.1) is 5.82 Å². The molecule has 0 radical (unpaired) electrons. The van der Waals surface area contributed by atoms with Crippen molar-refractivity contribution in [1.29, 1.82) is 0 Å². The molecule has 0 fully saturated rings. The maximum absolute atomic E-state index is 14.9. The molecule has 1 aromatic heterocycles. The van der Waals surface area contributed by atoms with Crippen LogP contribution in [-0.2, 0) is 13.1 Å². The zero-order valence-electron chi connectivity index (χ0n) is 24.7. The van der Waals surface area contributed by atoms with Gasteiger partial charge in [-0.05, 0) is 71.4 Å². The van der Waals surface area contributed by atoms with Crippen LogP contribution < -0.4 is 20.5 Å². The molecule has 5 rings (SSSR count). The van der Waals surface area contributed by atoms with Gasteiger partial charge in [-0.1, -0.05) is 17.7 Å². The van der Waals surface area contributed by atoms with Gasteiger partial charge in [-0.3, -0.25) is 18.7 Å².